The minimum absolute atomic E-state index is 0.142. The van der Waals surface area contributed by atoms with E-state index in [0.717, 1.165) is 42.5 Å². The minimum Gasteiger partial charge on any atom is -0.367 e. The maximum atomic E-state index is 14.1. The summed E-state index contributed by atoms with van der Waals surface area (Å²) in [4.78, 5) is 30.4. The zero-order valence-corrected chi connectivity index (χ0v) is 19.9. The Hall–Kier alpha value is -3.72. The number of piperazine rings is 1. The molecule has 5 rings (SSSR count). The lowest BCUT2D eigenvalue weighted by atomic mass is 10.2. The van der Waals surface area contributed by atoms with Gasteiger partial charge in [-0.3, -0.25) is 14.5 Å². The van der Waals surface area contributed by atoms with Crippen molar-refractivity contribution in [1.82, 2.24) is 24.6 Å². The van der Waals surface area contributed by atoms with Gasteiger partial charge in [0.25, 0.3) is 5.56 Å². The third-order valence-corrected chi connectivity index (χ3v) is 6.87. The van der Waals surface area contributed by atoms with Crippen LogP contribution in [0.4, 0.5) is 10.1 Å². The van der Waals surface area contributed by atoms with Crippen molar-refractivity contribution in [3.05, 3.63) is 70.9 Å². The van der Waals surface area contributed by atoms with Crippen LogP contribution in [0.1, 0.15) is 13.0 Å². The highest BCUT2D eigenvalue weighted by atomic mass is 19.1. The number of nitrogens with zero attached hydrogens (tertiary/aromatic N) is 5. The molecule has 1 amide bonds. The molecule has 0 bridgehead atoms. The van der Waals surface area contributed by atoms with Crippen molar-refractivity contribution < 1.29 is 9.18 Å². The number of nitrogens with one attached hydrogen (secondary N) is 1. The van der Waals surface area contributed by atoms with E-state index in [-0.39, 0.29) is 17.3 Å². The number of carbonyl (C=O) groups is 1. The van der Waals surface area contributed by atoms with Gasteiger partial charge in [0.05, 0.1) is 17.4 Å². The lowest BCUT2D eigenvalue weighted by Crippen LogP contribution is -2.49. The first kappa shape index (κ1) is 23.0. The number of hydrogen-bond acceptors (Lipinski definition) is 5. The second-order valence-corrected chi connectivity index (χ2v) is 8.97. The number of fused-ring (bicyclic) bond motifs is 3. The van der Waals surface area contributed by atoms with Gasteiger partial charge in [-0.2, -0.15) is 5.10 Å². The Labute approximate surface area is 202 Å². The van der Waals surface area contributed by atoms with Crippen LogP contribution in [0.15, 0.2) is 59.5 Å². The number of rotatable bonds is 6. The first-order valence-corrected chi connectivity index (χ1v) is 11.9. The monoisotopic (exact) mass is 476 g/mol. The molecule has 0 saturated carbocycles. The Morgan fingerprint density at radius 3 is 2.54 bits per heavy atom. The normalized spacial score (nSPS) is 15.6. The maximum Gasteiger partial charge on any atom is 0.291 e. The third-order valence-electron chi connectivity index (χ3n) is 6.87. The van der Waals surface area contributed by atoms with Crippen molar-refractivity contribution in [3.63, 3.8) is 0 Å². The predicted molar refractivity (Wildman–Crippen MR) is 135 cm³/mol. The fraction of sp³-hybridized carbons (Fsp3) is 0.346. The molecule has 1 atom stereocenters. The van der Waals surface area contributed by atoms with Crippen LogP contribution in [-0.2, 0) is 11.8 Å². The van der Waals surface area contributed by atoms with Gasteiger partial charge in [-0.15, -0.1) is 0 Å². The number of halogens is 1. The van der Waals surface area contributed by atoms with Crippen molar-refractivity contribution in [3.8, 4) is 0 Å². The standard InChI is InChI=1S/C26H29FN6O2/c1-18(33-22-9-5-3-7-19(22)20-17-29-30(2)26(35)24(20)33)25(34)28-11-12-31-13-15-32(16-14-31)23-10-6-4-8-21(23)27/h3-10,17-18H,11-16H2,1-2H3,(H,28,34). The fourth-order valence-corrected chi connectivity index (χ4v) is 4.91. The van der Waals surface area contributed by atoms with E-state index in [1.54, 1.807) is 19.3 Å². The predicted octanol–water partition coefficient (Wildman–Crippen LogP) is 2.53. The topological polar surface area (TPSA) is 75.4 Å². The molecule has 1 aliphatic rings. The number of aromatic nitrogens is 3. The number of anilines is 1. The van der Waals surface area contributed by atoms with Gasteiger partial charge in [-0.05, 0) is 25.1 Å². The van der Waals surface area contributed by atoms with Gasteiger partial charge < -0.3 is 14.8 Å². The molecule has 0 aliphatic carbocycles. The fourth-order valence-electron chi connectivity index (χ4n) is 4.91. The molecular weight excluding hydrogens is 447 g/mol. The van der Waals surface area contributed by atoms with Crippen molar-refractivity contribution in [2.45, 2.75) is 13.0 Å². The highest BCUT2D eigenvalue weighted by Gasteiger charge is 2.24. The molecule has 1 fully saturated rings. The van der Waals surface area contributed by atoms with E-state index < -0.39 is 6.04 Å². The van der Waals surface area contributed by atoms with Gasteiger partial charge >= 0.3 is 0 Å². The van der Waals surface area contributed by atoms with Crippen LogP contribution < -0.4 is 15.8 Å². The highest BCUT2D eigenvalue weighted by molar-refractivity contribution is 6.08. The summed E-state index contributed by atoms with van der Waals surface area (Å²) in [7, 11) is 1.61. The smallest absolute Gasteiger partial charge is 0.291 e. The molecule has 2 aromatic carbocycles. The molecule has 9 heteroatoms. The Kier molecular flexibility index (Phi) is 6.25. The summed E-state index contributed by atoms with van der Waals surface area (Å²) in [5.41, 5.74) is 1.73. The van der Waals surface area contributed by atoms with Gasteiger partial charge in [0, 0.05) is 57.1 Å². The van der Waals surface area contributed by atoms with Crippen LogP contribution in [0.25, 0.3) is 21.8 Å². The molecule has 4 aromatic rings. The summed E-state index contributed by atoms with van der Waals surface area (Å²) < 4.78 is 17.2. The van der Waals surface area contributed by atoms with E-state index in [0.29, 0.717) is 24.3 Å². The van der Waals surface area contributed by atoms with Crippen LogP contribution in [0.3, 0.4) is 0 Å². The number of aryl methyl sites for hydroxylation is 1. The summed E-state index contributed by atoms with van der Waals surface area (Å²) in [5, 5.41) is 8.85. The molecule has 8 nitrogen and oxygen atoms in total. The van der Waals surface area contributed by atoms with Crippen LogP contribution >= 0.6 is 0 Å². The van der Waals surface area contributed by atoms with E-state index in [1.807, 2.05) is 47.9 Å². The molecule has 35 heavy (non-hydrogen) atoms. The average Bonchev–Trinajstić information content (AvgIpc) is 3.21. The summed E-state index contributed by atoms with van der Waals surface area (Å²) in [6.45, 7) is 6.11. The van der Waals surface area contributed by atoms with E-state index in [2.05, 4.69) is 20.2 Å². The number of benzene rings is 2. The minimum atomic E-state index is -0.564. The lowest BCUT2D eigenvalue weighted by molar-refractivity contribution is -0.123. The zero-order valence-electron chi connectivity index (χ0n) is 19.9. The van der Waals surface area contributed by atoms with E-state index in [1.165, 1.54) is 10.7 Å². The Morgan fingerprint density at radius 2 is 1.77 bits per heavy atom. The molecule has 182 valence electrons. The summed E-state index contributed by atoms with van der Waals surface area (Å²) in [6, 6.07) is 14.0. The van der Waals surface area contributed by atoms with Gasteiger partial charge in [0.2, 0.25) is 5.91 Å². The van der Waals surface area contributed by atoms with Crippen LogP contribution in [0, 0.1) is 5.82 Å². The highest BCUT2D eigenvalue weighted by Crippen LogP contribution is 2.29. The SMILES string of the molecule is CC(C(=O)NCCN1CCN(c2ccccc2F)CC1)n1c2ccccc2c2cnn(C)c(=O)c21. The number of hydrogen-bond donors (Lipinski definition) is 1. The van der Waals surface area contributed by atoms with Crippen molar-refractivity contribution in [1.29, 1.82) is 0 Å². The molecule has 2 aromatic heterocycles. The first-order chi connectivity index (χ1) is 17.0. The lowest BCUT2D eigenvalue weighted by Gasteiger charge is -2.36. The molecule has 0 spiro atoms. The number of amides is 1. The average molecular weight is 477 g/mol. The summed E-state index contributed by atoms with van der Waals surface area (Å²) in [5.74, 6) is -0.339. The first-order valence-electron chi connectivity index (χ1n) is 11.9. The van der Waals surface area contributed by atoms with Gasteiger partial charge in [-0.25, -0.2) is 9.07 Å². The van der Waals surface area contributed by atoms with E-state index >= 15 is 0 Å². The van der Waals surface area contributed by atoms with Gasteiger partial charge in [0.1, 0.15) is 17.4 Å². The summed E-state index contributed by atoms with van der Waals surface area (Å²) in [6.07, 6.45) is 1.68. The van der Waals surface area contributed by atoms with Gasteiger partial charge in [-0.1, -0.05) is 30.3 Å². The van der Waals surface area contributed by atoms with Crippen LogP contribution in [-0.4, -0.2) is 64.4 Å². The molecule has 1 saturated heterocycles. The van der Waals surface area contributed by atoms with E-state index in [9.17, 15) is 14.0 Å². The van der Waals surface area contributed by atoms with E-state index in [4.69, 9.17) is 0 Å². The largest absolute Gasteiger partial charge is 0.367 e. The van der Waals surface area contributed by atoms with Crippen molar-refractivity contribution >= 4 is 33.4 Å². The molecule has 0 radical (unpaired) electrons. The van der Waals surface area contributed by atoms with Crippen LogP contribution in [0.2, 0.25) is 0 Å². The summed E-state index contributed by atoms with van der Waals surface area (Å²) >= 11 is 0. The Balaban J connectivity index is 1.24. The number of para-hydroxylation sites is 2. The Morgan fingerprint density at radius 1 is 1.06 bits per heavy atom. The third kappa shape index (κ3) is 4.27. The van der Waals surface area contributed by atoms with Crippen molar-refractivity contribution in [2.24, 2.45) is 7.05 Å². The van der Waals surface area contributed by atoms with Crippen molar-refractivity contribution in [2.75, 3.05) is 44.2 Å². The number of carbonyl (C=O) groups excluding carboxylic acids is 1. The molecule has 1 N–H and O–H groups in total. The molecule has 3 heterocycles. The second kappa shape index (κ2) is 9.50. The molecule has 1 unspecified atom stereocenters. The maximum absolute atomic E-state index is 14.1. The second-order valence-electron chi connectivity index (χ2n) is 8.97. The van der Waals surface area contributed by atoms with Gasteiger partial charge in [0.15, 0.2) is 0 Å². The molecule has 1 aliphatic heterocycles. The molecular formula is C26H29FN6O2. The zero-order chi connectivity index (χ0) is 24.5. The van der Waals surface area contributed by atoms with Crippen LogP contribution in [0.5, 0.6) is 0 Å². The Bertz CT molecular complexity index is 1440. The quantitative estimate of drug-likeness (QED) is 0.463.